The molecule has 0 saturated carbocycles. The second-order valence-electron chi connectivity index (χ2n) is 9.53. The Balaban J connectivity index is 1.50. The van der Waals surface area contributed by atoms with Gasteiger partial charge in [0, 0.05) is 30.2 Å². The van der Waals surface area contributed by atoms with Crippen molar-refractivity contribution in [3.63, 3.8) is 0 Å². The number of urea groups is 1. The Morgan fingerprint density at radius 2 is 1.71 bits per heavy atom. The fraction of sp³-hybridized carbons (Fsp3) is 0.379. The highest BCUT2D eigenvalue weighted by Crippen LogP contribution is 2.20. The van der Waals surface area contributed by atoms with Gasteiger partial charge in [0.25, 0.3) is 0 Å². The summed E-state index contributed by atoms with van der Waals surface area (Å²) in [5, 5.41) is 4.94. The van der Waals surface area contributed by atoms with Crippen LogP contribution in [0.5, 0.6) is 5.75 Å². The van der Waals surface area contributed by atoms with Gasteiger partial charge in [0.1, 0.15) is 18.1 Å². The van der Waals surface area contributed by atoms with Crippen LogP contribution in [-0.4, -0.2) is 66.5 Å². The maximum atomic E-state index is 13.7. The summed E-state index contributed by atoms with van der Waals surface area (Å²) in [6, 6.07) is 15.0. The molecule has 1 N–H and O–H groups in total. The van der Waals surface area contributed by atoms with E-state index in [2.05, 4.69) is 10.2 Å². The van der Waals surface area contributed by atoms with Crippen molar-refractivity contribution in [1.29, 1.82) is 0 Å². The number of methoxy groups -OCH3 is 1. The first kappa shape index (κ1) is 27.6. The monoisotopic (exact) mass is 538 g/mol. The predicted molar refractivity (Wildman–Crippen MR) is 149 cm³/mol. The second-order valence-corrected chi connectivity index (χ2v) is 10.5. The van der Waals surface area contributed by atoms with Crippen molar-refractivity contribution < 1.29 is 18.7 Å². The lowest BCUT2D eigenvalue weighted by Crippen LogP contribution is -2.46. The van der Waals surface area contributed by atoms with Gasteiger partial charge in [-0.3, -0.25) is 4.79 Å². The minimum atomic E-state index is -0.322. The molecule has 0 radical (unpaired) electrons. The SMILES string of the molecule is COc1ccc(NC(=O)N(CCN2CCCC2)CC(=O)N(Cc2ccc(F)cc2)Cc2sccc2C)cc1. The van der Waals surface area contributed by atoms with E-state index < -0.39 is 0 Å². The number of thiophene rings is 1. The van der Waals surface area contributed by atoms with E-state index in [9.17, 15) is 14.0 Å². The van der Waals surface area contributed by atoms with E-state index in [0.29, 0.717) is 37.6 Å². The number of likely N-dealkylation sites (tertiary alicyclic amines) is 1. The highest BCUT2D eigenvalue weighted by Gasteiger charge is 2.24. The first-order chi connectivity index (χ1) is 18.4. The summed E-state index contributed by atoms with van der Waals surface area (Å²) in [6.07, 6.45) is 2.31. The smallest absolute Gasteiger partial charge is 0.322 e. The maximum Gasteiger partial charge on any atom is 0.322 e. The standard InChI is InChI=1S/C29H35FN4O3S/c1-22-13-18-38-27(22)20-34(19-23-5-7-24(30)8-6-23)28(35)21-33(17-16-32-14-3-4-15-32)29(36)31-25-9-11-26(37-2)12-10-25/h5-13,18H,3-4,14-17,19-21H2,1-2H3,(H,31,36). The summed E-state index contributed by atoms with van der Waals surface area (Å²) in [4.78, 5) is 33.8. The molecule has 1 aliphatic rings. The summed E-state index contributed by atoms with van der Waals surface area (Å²) in [5.41, 5.74) is 2.59. The van der Waals surface area contributed by atoms with E-state index >= 15 is 0 Å². The van der Waals surface area contributed by atoms with Gasteiger partial charge in [-0.05, 0) is 91.8 Å². The van der Waals surface area contributed by atoms with Crippen LogP contribution in [0.1, 0.15) is 28.8 Å². The third-order valence-corrected chi connectivity index (χ3v) is 7.79. The zero-order valence-corrected chi connectivity index (χ0v) is 22.8. The number of aryl methyl sites for hydroxylation is 1. The van der Waals surface area contributed by atoms with Crippen molar-refractivity contribution in [2.24, 2.45) is 0 Å². The lowest BCUT2D eigenvalue weighted by molar-refractivity contribution is -0.133. The lowest BCUT2D eigenvalue weighted by Gasteiger charge is -2.29. The fourth-order valence-corrected chi connectivity index (χ4v) is 5.36. The zero-order chi connectivity index (χ0) is 26.9. The third kappa shape index (κ3) is 7.79. The fourth-order valence-electron chi connectivity index (χ4n) is 4.44. The Morgan fingerprint density at radius 1 is 1.00 bits per heavy atom. The molecule has 1 fully saturated rings. The number of carbonyl (C=O) groups excluding carboxylic acids is 2. The van der Waals surface area contributed by atoms with E-state index in [4.69, 9.17) is 4.74 Å². The van der Waals surface area contributed by atoms with Crippen LogP contribution < -0.4 is 10.1 Å². The minimum absolute atomic E-state index is 0.0541. The summed E-state index contributed by atoms with van der Waals surface area (Å²) in [6.45, 7) is 5.91. The van der Waals surface area contributed by atoms with Crippen LogP contribution in [0.25, 0.3) is 0 Å². The Hall–Kier alpha value is -3.43. The molecule has 0 bridgehead atoms. The molecular formula is C29H35FN4O3S. The van der Waals surface area contributed by atoms with Gasteiger partial charge in [-0.1, -0.05) is 12.1 Å². The number of nitrogens with zero attached hydrogens (tertiary/aromatic N) is 3. The van der Waals surface area contributed by atoms with Gasteiger partial charge in [0.2, 0.25) is 5.91 Å². The molecule has 202 valence electrons. The molecule has 1 saturated heterocycles. The quantitative estimate of drug-likeness (QED) is 0.357. The van der Waals surface area contributed by atoms with E-state index in [1.165, 1.54) is 12.1 Å². The Bertz CT molecular complexity index is 1190. The number of amides is 3. The van der Waals surface area contributed by atoms with E-state index in [0.717, 1.165) is 41.9 Å². The number of carbonyl (C=O) groups is 2. The number of anilines is 1. The van der Waals surface area contributed by atoms with Gasteiger partial charge in [-0.25, -0.2) is 9.18 Å². The molecule has 7 nitrogen and oxygen atoms in total. The number of hydrogen-bond donors (Lipinski definition) is 1. The van der Waals surface area contributed by atoms with Crippen LogP contribution in [0.4, 0.5) is 14.9 Å². The molecule has 0 aliphatic carbocycles. The van der Waals surface area contributed by atoms with Gasteiger partial charge < -0.3 is 24.8 Å². The summed E-state index contributed by atoms with van der Waals surface area (Å²) >= 11 is 1.60. The Morgan fingerprint density at radius 3 is 2.34 bits per heavy atom. The minimum Gasteiger partial charge on any atom is -0.497 e. The molecule has 0 unspecified atom stereocenters. The number of halogens is 1. The van der Waals surface area contributed by atoms with Crippen LogP contribution in [0, 0.1) is 12.7 Å². The number of hydrogen-bond acceptors (Lipinski definition) is 5. The van der Waals surface area contributed by atoms with Gasteiger partial charge in [-0.15, -0.1) is 11.3 Å². The van der Waals surface area contributed by atoms with Crippen LogP contribution in [0.2, 0.25) is 0 Å². The molecule has 1 aromatic heterocycles. The van der Waals surface area contributed by atoms with Crippen molar-refractivity contribution in [2.75, 3.05) is 45.2 Å². The molecule has 2 heterocycles. The van der Waals surface area contributed by atoms with Crippen molar-refractivity contribution in [3.8, 4) is 5.75 Å². The molecule has 4 rings (SSSR count). The van der Waals surface area contributed by atoms with Gasteiger partial charge >= 0.3 is 6.03 Å². The number of nitrogens with one attached hydrogen (secondary N) is 1. The van der Waals surface area contributed by atoms with Crippen LogP contribution in [0.15, 0.2) is 60.0 Å². The molecule has 2 aromatic carbocycles. The number of benzene rings is 2. The molecule has 9 heteroatoms. The summed E-state index contributed by atoms with van der Waals surface area (Å²) in [7, 11) is 1.59. The average molecular weight is 539 g/mol. The van der Waals surface area contributed by atoms with E-state index in [1.54, 1.807) is 64.6 Å². The van der Waals surface area contributed by atoms with Crippen molar-refractivity contribution in [3.05, 3.63) is 81.8 Å². The average Bonchev–Trinajstić information content (AvgIpc) is 3.59. The maximum absolute atomic E-state index is 13.7. The molecule has 3 aromatic rings. The largest absolute Gasteiger partial charge is 0.497 e. The first-order valence-corrected chi connectivity index (χ1v) is 13.8. The van der Waals surface area contributed by atoms with Crippen LogP contribution >= 0.6 is 11.3 Å². The topological polar surface area (TPSA) is 65.1 Å². The lowest BCUT2D eigenvalue weighted by atomic mass is 10.2. The van der Waals surface area contributed by atoms with E-state index in [1.807, 2.05) is 18.4 Å². The molecule has 0 spiro atoms. The van der Waals surface area contributed by atoms with Gasteiger partial charge in [-0.2, -0.15) is 0 Å². The predicted octanol–water partition coefficient (Wildman–Crippen LogP) is 5.36. The van der Waals surface area contributed by atoms with Crippen LogP contribution in [-0.2, 0) is 17.9 Å². The molecule has 1 aliphatic heterocycles. The van der Waals surface area contributed by atoms with E-state index in [-0.39, 0.29) is 24.3 Å². The second kappa shape index (κ2) is 13.4. The summed E-state index contributed by atoms with van der Waals surface area (Å²) < 4.78 is 18.7. The zero-order valence-electron chi connectivity index (χ0n) is 22.0. The molecule has 3 amide bonds. The molecule has 38 heavy (non-hydrogen) atoms. The Labute approximate surface area is 227 Å². The van der Waals surface area contributed by atoms with Gasteiger partial charge in [0.05, 0.1) is 13.7 Å². The Kier molecular flexibility index (Phi) is 9.73. The number of ether oxygens (including phenoxy) is 1. The van der Waals surface area contributed by atoms with Gasteiger partial charge in [0.15, 0.2) is 0 Å². The highest BCUT2D eigenvalue weighted by atomic mass is 32.1. The van der Waals surface area contributed by atoms with Crippen molar-refractivity contribution in [2.45, 2.75) is 32.9 Å². The van der Waals surface area contributed by atoms with Crippen molar-refractivity contribution >= 4 is 29.0 Å². The third-order valence-electron chi connectivity index (χ3n) is 6.78. The molecular weight excluding hydrogens is 503 g/mol. The first-order valence-electron chi connectivity index (χ1n) is 12.9. The number of rotatable bonds is 11. The van der Waals surface area contributed by atoms with Crippen molar-refractivity contribution in [1.82, 2.24) is 14.7 Å². The van der Waals surface area contributed by atoms with Crippen LogP contribution in [0.3, 0.4) is 0 Å². The highest BCUT2D eigenvalue weighted by molar-refractivity contribution is 7.10. The molecule has 0 atom stereocenters. The normalized spacial score (nSPS) is 13.3. The summed E-state index contributed by atoms with van der Waals surface area (Å²) in [5.74, 6) is 0.224.